The lowest BCUT2D eigenvalue weighted by Gasteiger charge is -2.29. The molecule has 0 aliphatic carbocycles. The molecule has 7 nitrogen and oxygen atoms in total. The zero-order valence-electron chi connectivity index (χ0n) is 14.1. The molecule has 0 saturated carbocycles. The van der Waals surface area contributed by atoms with Gasteiger partial charge in [0.1, 0.15) is 12.1 Å². The van der Waals surface area contributed by atoms with Crippen molar-refractivity contribution in [3.8, 4) is 0 Å². The summed E-state index contributed by atoms with van der Waals surface area (Å²) in [7, 11) is -3.04. The van der Waals surface area contributed by atoms with Crippen LogP contribution in [-0.2, 0) is 30.6 Å². The second-order valence-electron chi connectivity index (χ2n) is 6.39. The largest absolute Gasteiger partial charge is 0.372 e. The Morgan fingerprint density at radius 1 is 1.40 bits per heavy atom. The van der Waals surface area contributed by atoms with Crippen LogP contribution in [0.25, 0.3) is 0 Å². The Kier molecular flexibility index (Phi) is 5.45. The van der Waals surface area contributed by atoms with Crippen molar-refractivity contribution in [1.82, 2.24) is 10.2 Å². The summed E-state index contributed by atoms with van der Waals surface area (Å²) in [5, 5.41) is 4.71. The molecule has 1 fully saturated rings. The third kappa shape index (κ3) is 4.39. The van der Waals surface area contributed by atoms with Crippen LogP contribution in [0.5, 0.6) is 0 Å². The summed E-state index contributed by atoms with van der Waals surface area (Å²) in [5.41, 5.74) is 1.23. The normalized spacial score (nSPS) is 23.6. The van der Waals surface area contributed by atoms with Gasteiger partial charge in [-0.15, -0.1) is 11.3 Å². The molecule has 0 radical (unpaired) electrons. The molecule has 1 aromatic rings. The SMILES string of the molecule is C[C@@H](NC(=O)C[C@H]1OCCc2ccsc21)C(=O)N1CCS(=O)(=O)CC1. The third-order valence-corrected chi connectivity index (χ3v) is 7.20. The van der Waals surface area contributed by atoms with Crippen molar-refractivity contribution in [3.05, 3.63) is 21.9 Å². The highest BCUT2D eigenvalue weighted by molar-refractivity contribution is 7.91. The molecular weight excluding hydrogens is 364 g/mol. The van der Waals surface area contributed by atoms with Crippen LogP contribution in [0.3, 0.4) is 0 Å². The van der Waals surface area contributed by atoms with Crippen molar-refractivity contribution in [1.29, 1.82) is 0 Å². The van der Waals surface area contributed by atoms with Crippen LogP contribution >= 0.6 is 11.3 Å². The molecule has 1 saturated heterocycles. The minimum Gasteiger partial charge on any atom is -0.372 e. The van der Waals surface area contributed by atoms with Gasteiger partial charge >= 0.3 is 0 Å². The minimum atomic E-state index is -3.04. The van der Waals surface area contributed by atoms with Crippen LogP contribution in [-0.4, -0.2) is 62.4 Å². The quantitative estimate of drug-likeness (QED) is 0.814. The summed E-state index contributed by atoms with van der Waals surface area (Å²) in [6.45, 7) is 2.59. The fourth-order valence-electron chi connectivity index (χ4n) is 3.11. The number of nitrogens with zero attached hydrogens (tertiary/aromatic N) is 1. The second kappa shape index (κ2) is 7.43. The third-order valence-electron chi connectivity index (χ3n) is 4.54. The number of nitrogens with one attached hydrogen (secondary N) is 1. The average molecular weight is 386 g/mol. The molecule has 9 heteroatoms. The molecule has 0 bridgehead atoms. The van der Waals surface area contributed by atoms with Crippen LogP contribution in [0.1, 0.15) is 29.9 Å². The maximum absolute atomic E-state index is 12.4. The Hall–Kier alpha value is -1.45. The van der Waals surface area contributed by atoms with Gasteiger partial charge in [0, 0.05) is 18.0 Å². The summed E-state index contributed by atoms with van der Waals surface area (Å²) in [6, 6.07) is 1.38. The molecule has 2 aliphatic heterocycles. The van der Waals surface area contributed by atoms with Gasteiger partial charge in [0.15, 0.2) is 9.84 Å². The zero-order chi connectivity index (χ0) is 18.0. The van der Waals surface area contributed by atoms with Gasteiger partial charge in [-0.2, -0.15) is 0 Å². The highest BCUT2D eigenvalue weighted by Gasteiger charge is 2.30. The van der Waals surface area contributed by atoms with Crippen molar-refractivity contribution < 1.29 is 22.7 Å². The molecular formula is C16H22N2O5S2. The van der Waals surface area contributed by atoms with Gasteiger partial charge in [-0.05, 0) is 30.4 Å². The number of thiophene rings is 1. The number of hydrogen-bond donors (Lipinski definition) is 1. The molecule has 0 spiro atoms. The summed E-state index contributed by atoms with van der Waals surface area (Å²) < 4.78 is 28.6. The van der Waals surface area contributed by atoms with Gasteiger partial charge in [-0.3, -0.25) is 9.59 Å². The number of carbonyl (C=O) groups excluding carboxylic acids is 2. The molecule has 0 aromatic carbocycles. The average Bonchev–Trinajstić information content (AvgIpc) is 3.04. The predicted molar refractivity (Wildman–Crippen MR) is 94.2 cm³/mol. The second-order valence-corrected chi connectivity index (χ2v) is 9.64. The maximum Gasteiger partial charge on any atom is 0.244 e. The Bertz CT molecular complexity index is 744. The number of fused-ring (bicyclic) bond motifs is 1. The molecule has 3 heterocycles. The number of sulfone groups is 1. The smallest absolute Gasteiger partial charge is 0.244 e. The first-order valence-corrected chi connectivity index (χ1v) is 11.0. The van der Waals surface area contributed by atoms with Gasteiger partial charge < -0.3 is 15.0 Å². The molecule has 25 heavy (non-hydrogen) atoms. The minimum absolute atomic E-state index is 0.0174. The first kappa shape index (κ1) is 18.3. The van der Waals surface area contributed by atoms with Gasteiger partial charge in [0.05, 0.1) is 24.5 Å². The Balaban J connectivity index is 1.52. The van der Waals surface area contributed by atoms with Crippen molar-refractivity contribution in [2.75, 3.05) is 31.2 Å². The number of rotatable bonds is 4. The van der Waals surface area contributed by atoms with Crippen LogP contribution in [0.2, 0.25) is 0 Å². The number of hydrogen-bond acceptors (Lipinski definition) is 6. The van der Waals surface area contributed by atoms with Gasteiger partial charge in [0.25, 0.3) is 0 Å². The molecule has 0 unspecified atom stereocenters. The van der Waals surface area contributed by atoms with Gasteiger partial charge in [-0.25, -0.2) is 8.42 Å². The topological polar surface area (TPSA) is 92.8 Å². The van der Waals surface area contributed by atoms with Gasteiger partial charge in [0.2, 0.25) is 11.8 Å². The van der Waals surface area contributed by atoms with E-state index in [0.29, 0.717) is 6.61 Å². The van der Waals surface area contributed by atoms with Crippen molar-refractivity contribution in [3.63, 3.8) is 0 Å². The molecule has 2 aliphatic rings. The van der Waals surface area contributed by atoms with Crippen molar-refractivity contribution >= 4 is 33.0 Å². The van der Waals surface area contributed by atoms with E-state index in [1.165, 1.54) is 10.5 Å². The first-order chi connectivity index (χ1) is 11.9. The Morgan fingerprint density at radius 3 is 2.84 bits per heavy atom. The summed E-state index contributed by atoms with van der Waals surface area (Å²) in [6.07, 6.45) is 0.787. The fraction of sp³-hybridized carbons (Fsp3) is 0.625. The predicted octanol–water partition coefficient (Wildman–Crippen LogP) is 0.514. The van der Waals surface area contributed by atoms with Crippen molar-refractivity contribution in [2.24, 2.45) is 0 Å². The Labute approximate surface area is 151 Å². The monoisotopic (exact) mass is 386 g/mol. The summed E-state index contributed by atoms with van der Waals surface area (Å²) in [5.74, 6) is -0.520. The van der Waals surface area contributed by atoms with E-state index in [0.717, 1.165) is 11.3 Å². The van der Waals surface area contributed by atoms with Crippen LogP contribution < -0.4 is 5.32 Å². The number of ether oxygens (including phenoxy) is 1. The molecule has 3 rings (SSSR count). The molecule has 1 aromatic heterocycles. The zero-order valence-corrected chi connectivity index (χ0v) is 15.7. The highest BCUT2D eigenvalue weighted by atomic mass is 32.2. The van der Waals surface area contributed by atoms with E-state index in [1.807, 2.05) is 5.38 Å². The number of carbonyl (C=O) groups is 2. The van der Waals surface area contributed by atoms with Crippen LogP contribution in [0.4, 0.5) is 0 Å². The van der Waals surface area contributed by atoms with E-state index in [9.17, 15) is 18.0 Å². The van der Waals surface area contributed by atoms with E-state index in [4.69, 9.17) is 4.74 Å². The van der Waals surface area contributed by atoms with Crippen LogP contribution in [0, 0.1) is 0 Å². The first-order valence-electron chi connectivity index (χ1n) is 8.32. The van der Waals surface area contributed by atoms with Crippen LogP contribution in [0.15, 0.2) is 11.4 Å². The van der Waals surface area contributed by atoms with E-state index in [2.05, 4.69) is 11.4 Å². The fourth-order valence-corrected chi connectivity index (χ4v) is 5.32. The molecule has 2 atom stereocenters. The lowest BCUT2D eigenvalue weighted by molar-refractivity contribution is -0.136. The standard InChI is InChI=1S/C16H22N2O5S2/c1-11(16(20)18-4-8-25(21,22)9-5-18)17-14(19)10-13-15-12(2-6-23-13)3-7-24-15/h3,7,11,13H,2,4-6,8-10H2,1H3,(H,17,19)/t11-,13-/m1/s1. The lowest BCUT2D eigenvalue weighted by Crippen LogP contribution is -2.51. The van der Waals surface area contributed by atoms with E-state index in [1.54, 1.807) is 18.3 Å². The number of amides is 2. The molecule has 2 amide bonds. The van der Waals surface area contributed by atoms with E-state index in [-0.39, 0.29) is 48.9 Å². The van der Waals surface area contributed by atoms with E-state index < -0.39 is 15.9 Å². The van der Waals surface area contributed by atoms with E-state index >= 15 is 0 Å². The molecule has 138 valence electrons. The molecule has 1 N–H and O–H groups in total. The lowest BCUT2D eigenvalue weighted by atomic mass is 10.1. The summed E-state index contributed by atoms with van der Waals surface area (Å²) in [4.78, 5) is 27.3. The highest BCUT2D eigenvalue weighted by Crippen LogP contribution is 2.33. The maximum atomic E-state index is 12.4. The Morgan fingerprint density at radius 2 is 2.12 bits per heavy atom. The van der Waals surface area contributed by atoms with Gasteiger partial charge in [-0.1, -0.05) is 0 Å². The summed E-state index contributed by atoms with van der Waals surface area (Å²) >= 11 is 1.59. The van der Waals surface area contributed by atoms with Crippen molar-refractivity contribution in [2.45, 2.75) is 31.9 Å².